The molecule has 0 saturated heterocycles. The van der Waals surface area contributed by atoms with Gasteiger partial charge in [-0.3, -0.25) is 9.78 Å². The summed E-state index contributed by atoms with van der Waals surface area (Å²) in [6.07, 6.45) is 6.59. The first-order chi connectivity index (χ1) is 16.4. The maximum Gasteiger partial charge on any atom is 0.242 e. The molecule has 0 aliphatic rings. The highest BCUT2D eigenvalue weighted by atomic mass is 32.2. The molecule has 0 fully saturated rings. The van der Waals surface area contributed by atoms with E-state index >= 15 is 0 Å². The maximum atomic E-state index is 12.8. The smallest absolute Gasteiger partial charge is 0.242 e. The fourth-order valence-corrected chi connectivity index (χ4v) is 4.62. The number of benzene rings is 2. The third-order valence-electron chi connectivity index (χ3n) is 5.44. The minimum Gasteiger partial charge on any atom is -0.287 e. The SMILES string of the molecule is CN(C)S(=O)(=O)c1cccc(-n2ccc(=O)c(-c3ccnn3-c3cccc4ccncc34)n2)c1. The predicted molar refractivity (Wildman–Crippen MR) is 129 cm³/mol. The molecule has 0 atom stereocenters. The van der Waals surface area contributed by atoms with Crippen LogP contribution in [0.15, 0.2) is 95.1 Å². The van der Waals surface area contributed by atoms with Crippen LogP contribution in [-0.4, -0.2) is 51.4 Å². The molecule has 0 aliphatic carbocycles. The first kappa shape index (κ1) is 21.7. The van der Waals surface area contributed by atoms with Gasteiger partial charge in [-0.05, 0) is 41.8 Å². The Morgan fingerprint density at radius 3 is 2.59 bits per heavy atom. The van der Waals surface area contributed by atoms with Crippen LogP contribution in [0.4, 0.5) is 0 Å². The van der Waals surface area contributed by atoms with Crippen molar-refractivity contribution >= 4 is 20.8 Å². The molecule has 3 aromatic heterocycles. The summed E-state index contributed by atoms with van der Waals surface area (Å²) in [5.41, 5.74) is 1.67. The second kappa shape index (κ2) is 8.32. The van der Waals surface area contributed by atoms with E-state index in [1.165, 1.54) is 43.2 Å². The lowest BCUT2D eigenvalue weighted by Gasteiger charge is -2.14. The molecule has 5 aromatic rings. The summed E-state index contributed by atoms with van der Waals surface area (Å²) in [5, 5.41) is 10.9. The molecule has 5 rings (SSSR count). The van der Waals surface area contributed by atoms with Crippen molar-refractivity contribution in [2.45, 2.75) is 4.90 Å². The number of sulfonamides is 1. The van der Waals surface area contributed by atoms with Gasteiger partial charge < -0.3 is 0 Å². The Kier molecular flexibility index (Phi) is 5.31. The minimum absolute atomic E-state index is 0.130. The van der Waals surface area contributed by atoms with Gasteiger partial charge in [0.25, 0.3) is 0 Å². The summed E-state index contributed by atoms with van der Waals surface area (Å²) in [7, 11) is -0.674. The van der Waals surface area contributed by atoms with Crippen molar-refractivity contribution in [3.05, 3.63) is 95.7 Å². The van der Waals surface area contributed by atoms with E-state index in [2.05, 4.69) is 15.2 Å². The van der Waals surface area contributed by atoms with Gasteiger partial charge in [-0.15, -0.1) is 0 Å². The number of aromatic nitrogens is 5. The topological polar surface area (TPSA) is 103 Å². The van der Waals surface area contributed by atoms with E-state index in [0.717, 1.165) is 20.8 Å². The third kappa shape index (κ3) is 3.68. The number of nitrogens with zero attached hydrogens (tertiary/aromatic N) is 6. The first-order valence-corrected chi connectivity index (χ1v) is 11.8. The highest BCUT2D eigenvalue weighted by Gasteiger charge is 2.19. The van der Waals surface area contributed by atoms with Crippen molar-refractivity contribution < 1.29 is 8.42 Å². The standard InChI is InChI=1S/C24H20N6O3S/c1-28(2)34(32,33)19-7-4-6-18(15-19)29-14-11-23(31)24(27-29)22-10-13-26-30(22)21-8-3-5-17-9-12-25-16-20(17)21/h3-16H,1-2H3. The first-order valence-electron chi connectivity index (χ1n) is 10.4. The van der Waals surface area contributed by atoms with Crippen molar-refractivity contribution in [3.8, 4) is 22.8 Å². The lowest BCUT2D eigenvalue weighted by molar-refractivity contribution is 0.520. The normalized spacial score (nSPS) is 11.9. The Bertz CT molecular complexity index is 1680. The highest BCUT2D eigenvalue weighted by molar-refractivity contribution is 7.89. The van der Waals surface area contributed by atoms with Gasteiger partial charge in [0.15, 0.2) is 5.69 Å². The molecule has 0 N–H and O–H groups in total. The zero-order valence-electron chi connectivity index (χ0n) is 18.4. The summed E-state index contributed by atoms with van der Waals surface area (Å²) >= 11 is 0. The van der Waals surface area contributed by atoms with Gasteiger partial charge in [0.2, 0.25) is 15.5 Å². The molecule has 170 valence electrons. The van der Waals surface area contributed by atoms with Crippen LogP contribution in [-0.2, 0) is 10.0 Å². The van der Waals surface area contributed by atoms with E-state index in [-0.39, 0.29) is 16.0 Å². The van der Waals surface area contributed by atoms with Crippen LogP contribution in [0.2, 0.25) is 0 Å². The molecule has 0 saturated carbocycles. The van der Waals surface area contributed by atoms with Gasteiger partial charge in [0, 0.05) is 44.1 Å². The van der Waals surface area contributed by atoms with Gasteiger partial charge in [0.1, 0.15) is 0 Å². The van der Waals surface area contributed by atoms with E-state index in [4.69, 9.17) is 0 Å². The minimum atomic E-state index is -3.62. The number of fused-ring (bicyclic) bond motifs is 1. The molecule has 3 heterocycles. The summed E-state index contributed by atoms with van der Waals surface area (Å²) in [4.78, 5) is 17.2. The van der Waals surface area contributed by atoms with E-state index in [0.29, 0.717) is 11.4 Å². The van der Waals surface area contributed by atoms with Crippen LogP contribution >= 0.6 is 0 Å². The molecular weight excluding hydrogens is 452 g/mol. The average molecular weight is 473 g/mol. The summed E-state index contributed by atoms with van der Waals surface area (Å²) in [6, 6.07) is 17.2. The second-order valence-corrected chi connectivity index (χ2v) is 9.91. The Balaban J connectivity index is 1.65. The van der Waals surface area contributed by atoms with Crippen LogP contribution in [0.5, 0.6) is 0 Å². The van der Waals surface area contributed by atoms with Crippen LogP contribution in [0.25, 0.3) is 33.5 Å². The fourth-order valence-electron chi connectivity index (χ4n) is 3.68. The number of hydrogen-bond donors (Lipinski definition) is 0. The van der Waals surface area contributed by atoms with Gasteiger partial charge in [-0.1, -0.05) is 18.2 Å². The third-order valence-corrected chi connectivity index (χ3v) is 7.25. The van der Waals surface area contributed by atoms with Crippen LogP contribution in [0, 0.1) is 0 Å². The molecule has 0 unspecified atom stereocenters. The Morgan fingerprint density at radius 2 is 1.76 bits per heavy atom. The molecule has 0 aliphatic heterocycles. The van der Waals surface area contributed by atoms with Gasteiger partial charge in [0.05, 0.1) is 28.2 Å². The van der Waals surface area contributed by atoms with E-state index in [1.807, 2.05) is 24.3 Å². The number of hydrogen-bond acceptors (Lipinski definition) is 6. The van der Waals surface area contributed by atoms with Crippen molar-refractivity contribution in [1.29, 1.82) is 0 Å². The van der Waals surface area contributed by atoms with Crippen LogP contribution in [0.1, 0.15) is 0 Å². The molecule has 10 heteroatoms. The van der Waals surface area contributed by atoms with Gasteiger partial charge >= 0.3 is 0 Å². The monoisotopic (exact) mass is 472 g/mol. The van der Waals surface area contributed by atoms with Crippen molar-refractivity contribution in [2.75, 3.05) is 14.1 Å². The Morgan fingerprint density at radius 1 is 0.941 bits per heavy atom. The number of rotatable bonds is 5. The largest absolute Gasteiger partial charge is 0.287 e. The van der Waals surface area contributed by atoms with E-state index in [9.17, 15) is 13.2 Å². The van der Waals surface area contributed by atoms with E-state index in [1.54, 1.807) is 41.5 Å². The van der Waals surface area contributed by atoms with Crippen molar-refractivity contribution in [1.82, 2.24) is 28.9 Å². The molecule has 0 radical (unpaired) electrons. The molecule has 0 bridgehead atoms. The molecule has 0 spiro atoms. The van der Waals surface area contributed by atoms with Crippen LogP contribution in [0.3, 0.4) is 0 Å². The Hall–Kier alpha value is -4.15. The molecule has 34 heavy (non-hydrogen) atoms. The summed E-state index contributed by atoms with van der Waals surface area (Å²) < 4.78 is 29.4. The van der Waals surface area contributed by atoms with Crippen LogP contribution < -0.4 is 5.43 Å². The zero-order chi connectivity index (χ0) is 23.9. The molecular formula is C24H20N6O3S. The summed E-state index contributed by atoms with van der Waals surface area (Å²) in [5.74, 6) is 0. The lowest BCUT2D eigenvalue weighted by atomic mass is 10.1. The van der Waals surface area contributed by atoms with E-state index < -0.39 is 10.0 Å². The van der Waals surface area contributed by atoms with Crippen molar-refractivity contribution in [3.63, 3.8) is 0 Å². The Labute approximate surface area is 195 Å². The quantitative estimate of drug-likeness (QED) is 0.390. The number of pyridine rings is 1. The second-order valence-electron chi connectivity index (χ2n) is 7.76. The average Bonchev–Trinajstić information content (AvgIpc) is 3.33. The molecule has 0 amide bonds. The predicted octanol–water partition coefficient (Wildman–Crippen LogP) is 2.88. The lowest BCUT2D eigenvalue weighted by Crippen LogP contribution is -2.22. The maximum absolute atomic E-state index is 12.8. The van der Waals surface area contributed by atoms with Gasteiger partial charge in [-0.2, -0.15) is 10.2 Å². The van der Waals surface area contributed by atoms with Crippen molar-refractivity contribution in [2.24, 2.45) is 0 Å². The highest BCUT2D eigenvalue weighted by Crippen LogP contribution is 2.25. The van der Waals surface area contributed by atoms with Gasteiger partial charge in [-0.25, -0.2) is 22.1 Å². The molecule has 9 nitrogen and oxygen atoms in total. The molecule has 2 aromatic carbocycles. The fraction of sp³-hybridized carbons (Fsp3) is 0.0833. The zero-order valence-corrected chi connectivity index (χ0v) is 19.2. The summed E-state index contributed by atoms with van der Waals surface area (Å²) in [6.45, 7) is 0.